The van der Waals surface area contributed by atoms with Crippen molar-refractivity contribution in [3.63, 3.8) is 0 Å². The van der Waals surface area contributed by atoms with Crippen molar-refractivity contribution in [3.05, 3.63) is 34.8 Å². The van der Waals surface area contributed by atoms with Crippen LogP contribution in [0.4, 0.5) is 5.69 Å². The summed E-state index contributed by atoms with van der Waals surface area (Å²) in [6.45, 7) is 5.78. The van der Waals surface area contributed by atoms with Crippen LogP contribution in [0.25, 0.3) is 0 Å². The predicted molar refractivity (Wildman–Crippen MR) is 79.8 cm³/mol. The third-order valence-electron chi connectivity index (χ3n) is 2.47. The van der Waals surface area contributed by atoms with Gasteiger partial charge in [0.2, 0.25) is 5.91 Å². The van der Waals surface area contributed by atoms with Gasteiger partial charge in [0.1, 0.15) is 5.01 Å². The van der Waals surface area contributed by atoms with Crippen molar-refractivity contribution in [2.24, 2.45) is 0 Å². The highest BCUT2D eigenvalue weighted by atomic mass is 32.2. The smallest absolute Gasteiger partial charge is 0.237 e. The minimum absolute atomic E-state index is 0.0262. The zero-order valence-electron chi connectivity index (χ0n) is 11.0. The first-order valence-electron chi connectivity index (χ1n) is 5.89. The molecule has 1 heterocycles. The van der Waals surface area contributed by atoms with Crippen molar-refractivity contribution in [2.45, 2.75) is 30.4 Å². The van der Waals surface area contributed by atoms with Gasteiger partial charge in [-0.15, -0.1) is 10.2 Å². The van der Waals surface area contributed by atoms with E-state index < -0.39 is 0 Å². The van der Waals surface area contributed by atoms with Crippen LogP contribution in [0.1, 0.15) is 17.5 Å². The lowest BCUT2D eigenvalue weighted by molar-refractivity contribution is -0.115. The molecule has 0 bridgehead atoms. The van der Waals surface area contributed by atoms with Gasteiger partial charge in [-0.25, -0.2) is 0 Å². The van der Waals surface area contributed by atoms with Crippen LogP contribution in [0.3, 0.4) is 0 Å². The number of amides is 1. The van der Waals surface area contributed by atoms with E-state index in [4.69, 9.17) is 0 Å². The van der Waals surface area contributed by atoms with E-state index in [1.807, 2.05) is 45.0 Å². The van der Waals surface area contributed by atoms with E-state index in [2.05, 4.69) is 15.5 Å². The number of aromatic nitrogens is 2. The number of benzene rings is 1. The summed E-state index contributed by atoms with van der Waals surface area (Å²) >= 11 is 2.93. The lowest BCUT2D eigenvalue weighted by atomic mass is 10.2. The maximum Gasteiger partial charge on any atom is 0.237 e. The fourth-order valence-corrected chi connectivity index (χ4v) is 3.37. The van der Waals surface area contributed by atoms with Crippen molar-refractivity contribution in [1.82, 2.24) is 10.2 Å². The zero-order chi connectivity index (χ0) is 13.8. The lowest BCUT2D eigenvalue weighted by Gasteiger charge is -2.10. The maximum absolute atomic E-state index is 12.0. The monoisotopic (exact) mass is 293 g/mol. The quantitative estimate of drug-likeness (QED) is 0.879. The molecule has 0 fully saturated rings. The van der Waals surface area contributed by atoms with E-state index in [1.54, 1.807) is 0 Å². The molecule has 2 aromatic rings. The molecule has 0 radical (unpaired) electrons. The van der Waals surface area contributed by atoms with Gasteiger partial charge in [0.05, 0.1) is 5.25 Å². The highest BCUT2D eigenvalue weighted by Crippen LogP contribution is 2.26. The number of aryl methyl sites for hydroxylation is 2. The van der Waals surface area contributed by atoms with Gasteiger partial charge in [0, 0.05) is 5.69 Å². The third kappa shape index (κ3) is 4.04. The molecule has 4 nitrogen and oxygen atoms in total. The van der Waals surface area contributed by atoms with Gasteiger partial charge in [0.15, 0.2) is 4.34 Å². The molecule has 0 aliphatic heterocycles. The lowest BCUT2D eigenvalue weighted by Crippen LogP contribution is -2.22. The van der Waals surface area contributed by atoms with Crippen molar-refractivity contribution in [1.29, 1.82) is 0 Å². The summed E-state index contributed by atoms with van der Waals surface area (Å²) in [7, 11) is 0. The molecule has 1 N–H and O–H groups in total. The minimum atomic E-state index is -0.200. The van der Waals surface area contributed by atoms with Crippen LogP contribution in [-0.4, -0.2) is 21.4 Å². The summed E-state index contributed by atoms with van der Waals surface area (Å²) in [5, 5.41) is 11.6. The van der Waals surface area contributed by atoms with Crippen LogP contribution in [0, 0.1) is 13.8 Å². The molecule has 1 amide bonds. The van der Waals surface area contributed by atoms with Gasteiger partial charge in [0.25, 0.3) is 0 Å². The van der Waals surface area contributed by atoms with Gasteiger partial charge < -0.3 is 5.32 Å². The number of rotatable bonds is 4. The predicted octanol–water partition coefficient (Wildman–Crippen LogP) is 3.27. The van der Waals surface area contributed by atoms with Crippen LogP contribution < -0.4 is 5.32 Å². The summed E-state index contributed by atoms with van der Waals surface area (Å²) in [5.41, 5.74) is 1.99. The Hall–Kier alpha value is -1.40. The SMILES string of the molecule is Cc1ccc(NC(=O)[C@@H](C)Sc2nnc(C)s2)cc1. The van der Waals surface area contributed by atoms with E-state index in [9.17, 15) is 4.79 Å². The van der Waals surface area contributed by atoms with Crippen LogP contribution in [0.15, 0.2) is 28.6 Å². The molecular formula is C13H15N3OS2. The maximum atomic E-state index is 12.0. The van der Waals surface area contributed by atoms with Gasteiger partial charge >= 0.3 is 0 Å². The average Bonchev–Trinajstić information content (AvgIpc) is 2.77. The molecule has 0 spiro atoms. The first-order chi connectivity index (χ1) is 9.04. The van der Waals surface area contributed by atoms with E-state index in [0.717, 1.165) is 15.0 Å². The summed E-state index contributed by atoms with van der Waals surface area (Å²) in [5.74, 6) is -0.0262. The molecule has 0 aliphatic carbocycles. The van der Waals surface area contributed by atoms with Gasteiger partial charge in [-0.3, -0.25) is 4.79 Å². The molecule has 6 heteroatoms. The number of thioether (sulfide) groups is 1. The molecule has 0 saturated carbocycles. The van der Waals surface area contributed by atoms with Crippen molar-refractivity contribution < 1.29 is 4.79 Å². The van der Waals surface area contributed by atoms with Crippen LogP contribution >= 0.6 is 23.1 Å². The summed E-state index contributed by atoms with van der Waals surface area (Å²) in [4.78, 5) is 12.0. The van der Waals surface area contributed by atoms with E-state index in [1.165, 1.54) is 28.7 Å². The number of hydrogen-bond donors (Lipinski definition) is 1. The molecule has 100 valence electrons. The third-order valence-corrected chi connectivity index (χ3v) is 4.50. The van der Waals surface area contributed by atoms with Crippen molar-refractivity contribution >= 4 is 34.7 Å². The van der Waals surface area contributed by atoms with Gasteiger partial charge in [-0.2, -0.15) is 0 Å². The number of nitrogens with one attached hydrogen (secondary N) is 1. The first-order valence-corrected chi connectivity index (χ1v) is 7.58. The topological polar surface area (TPSA) is 54.9 Å². The number of anilines is 1. The Balaban J connectivity index is 1.94. The first kappa shape index (κ1) is 14.0. The van der Waals surface area contributed by atoms with Crippen LogP contribution in [0.5, 0.6) is 0 Å². The Labute approximate surface area is 120 Å². The Morgan fingerprint density at radius 2 is 1.95 bits per heavy atom. The summed E-state index contributed by atoms with van der Waals surface area (Å²) < 4.78 is 0.823. The molecule has 1 aromatic carbocycles. The zero-order valence-corrected chi connectivity index (χ0v) is 12.6. The molecule has 0 aliphatic rings. The molecule has 2 rings (SSSR count). The minimum Gasteiger partial charge on any atom is -0.325 e. The van der Waals surface area contributed by atoms with Crippen molar-refractivity contribution in [2.75, 3.05) is 5.32 Å². The van der Waals surface area contributed by atoms with Crippen LogP contribution in [-0.2, 0) is 4.79 Å². The normalized spacial score (nSPS) is 12.2. The standard InChI is InChI=1S/C13H15N3OS2/c1-8-4-6-11(7-5-8)14-12(17)9(2)18-13-16-15-10(3)19-13/h4-7,9H,1-3H3,(H,14,17)/t9-/m1/s1. The molecule has 19 heavy (non-hydrogen) atoms. The van der Waals surface area contributed by atoms with Crippen molar-refractivity contribution in [3.8, 4) is 0 Å². The second-order valence-corrected chi connectivity index (χ2v) is 6.97. The summed E-state index contributed by atoms with van der Waals surface area (Å²) in [6, 6.07) is 7.75. The highest BCUT2D eigenvalue weighted by Gasteiger charge is 2.16. The molecule has 0 unspecified atom stereocenters. The summed E-state index contributed by atoms with van der Waals surface area (Å²) in [6.07, 6.45) is 0. The molecule has 0 saturated heterocycles. The average molecular weight is 293 g/mol. The second kappa shape index (κ2) is 6.16. The number of carbonyl (C=O) groups excluding carboxylic acids is 1. The molecule has 1 aromatic heterocycles. The number of carbonyl (C=O) groups is 1. The Bertz CT molecular complexity index is 566. The van der Waals surface area contributed by atoms with E-state index in [-0.39, 0.29) is 11.2 Å². The molecular weight excluding hydrogens is 278 g/mol. The van der Waals surface area contributed by atoms with Crippen LogP contribution in [0.2, 0.25) is 0 Å². The largest absolute Gasteiger partial charge is 0.325 e. The molecule has 1 atom stereocenters. The van der Waals surface area contributed by atoms with Gasteiger partial charge in [-0.05, 0) is 32.9 Å². The second-order valence-electron chi connectivity index (χ2n) is 4.20. The Morgan fingerprint density at radius 1 is 1.26 bits per heavy atom. The Kier molecular flexibility index (Phi) is 4.55. The van der Waals surface area contributed by atoms with E-state index in [0.29, 0.717) is 0 Å². The fourth-order valence-electron chi connectivity index (χ4n) is 1.41. The highest BCUT2D eigenvalue weighted by molar-refractivity contribution is 8.02. The van der Waals surface area contributed by atoms with E-state index >= 15 is 0 Å². The fraction of sp³-hybridized carbons (Fsp3) is 0.308. The van der Waals surface area contributed by atoms with Gasteiger partial charge in [-0.1, -0.05) is 40.8 Å². The number of hydrogen-bond acceptors (Lipinski definition) is 5. The Morgan fingerprint density at radius 3 is 2.53 bits per heavy atom. The number of nitrogens with zero attached hydrogens (tertiary/aromatic N) is 2.